The highest BCUT2D eigenvalue weighted by molar-refractivity contribution is 5.84. The van der Waals surface area contributed by atoms with E-state index in [0.717, 1.165) is 13.0 Å². The van der Waals surface area contributed by atoms with Crippen molar-refractivity contribution in [1.82, 2.24) is 0 Å². The fourth-order valence-corrected chi connectivity index (χ4v) is 2.20. The van der Waals surface area contributed by atoms with Crippen LogP contribution in [-0.2, 0) is 0 Å². The maximum absolute atomic E-state index is 10.7. The first-order valence-corrected chi connectivity index (χ1v) is 5.17. The molecule has 1 aliphatic rings. The quantitative estimate of drug-likeness (QED) is 0.811. The number of aromatic carboxylic acids is 1. The second kappa shape index (κ2) is 3.61. The van der Waals surface area contributed by atoms with Crippen LogP contribution in [0.15, 0.2) is 16.5 Å². The monoisotopic (exact) mass is 209 g/mol. The average Bonchev–Trinajstić information content (AvgIpc) is 2.71. The lowest BCUT2D eigenvalue weighted by atomic mass is 10.1. The van der Waals surface area contributed by atoms with Gasteiger partial charge in [0, 0.05) is 18.7 Å². The van der Waals surface area contributed by atoms with Crippen LogP contribution in [0.3, 0.4) is 0 Å². The van der Waals surface area contributed by atoms with Gasteiger partial charge in [-0.1, -0.05) is 6.92 Å². The van der Waals surface area contributed by atoms with Crippen molar-refractivity contribution in [3.8, 4) is 0 Å². The second-order valence-corrected chi connectivity index (χ2v) is 4.29. The standard InChI is InChI=1S/C11H15NO3/c1-7-5-8(2)12(6-7)10-4-3-9(15-10)11(13)14/h3-4,7-8H,5-6H2,1-2H3,(H,13,14). The number of carboxylic acids is 1. The Morgan fingerprint density at radius 1 is 1.53 bits per heavy atom. The van der Waals surface area contributed by atoms with E-state index in [2.05, 4.69) is 18.7 Å². The number of carbonyl (C=O) groups is 1. The van der Waals surface area contributed by atoms with Gasteiger partial charge in [-0.25, -0.2) is 4.79 Å². The first-order valence-electron chi connectivity index (χ1n) is 5.17. The number of hydrogen-bond acceptors (Lipinski definition) is 3. The van der Waals surface area contributed by atoms with Gasteiger partial charge in [-0.2, -0.15) is 0 Å². The number of anilines is 1. The Morgan fingerprint density at radius 2 is 2.27 bits per heavy atom. The fraction of sp³-hybridized carbons (Fsp3) is 0.545. The minimum absolute atomic E-state index is 0.0109. The molecule has 0 radical (unpaired) electrons. The Morgan fingerprint density at radius 3 is 2.73 bits per heavy atom. The van der Waals surface area contributed by atoms with Crippen LogP contribution < -0.4 is 4.90 Å². The molecule has 4 nitrogen and oxygen atoms in total. The largest absolute Gasteiger partial charge is 0.475 e. The Balaban J connectivity index is 2.19. The van der Waals surface area contributed by atoms with Crippen molar-refractivity contribution in [2.75, 3.05) is 11.4 Å². The van der Waals surface area contributed by atoms with Crippen molar-refractivity contribution < 1.29 is 14.3 Å². The van der Waals surface area contributed by atoms with Crippen molar-refractivity contribution in [3.05, 3.63) is 17.9 Å². The van der Waals surface area contributed by atoms with Crippen LogP contribution in [0.2, 0.25) is 0 Å². The number of furan rings is 1. The predicted octanol–water partition coefficient (Wildman–Crippen LogP) is 2.21. The summed E-state index contributed by atoms with van der Waals surface area (Å²) in [7, 11) is 0. The highest BCUT2D eigenvalue weighted by atomic mass is 16.4. The van der Waals surface area contributed by atoms with Crippen LogP contribution >= 0.6 is 0 Å². The van der Waals surface area contributed by atoms with Crippen molar-refractivity contribution >= 4 is 11.9 Å². The number of hydrogen-bond donors (Lipinski definition) is 1. The first-order chi connectivity index (χ1) is 7.08. The summed E-state index contributed by atoms with van der Waals surface area (Å²) >= 11 is 0. The lowest BCUT2D eigenvalue weighted by molar-refractivity contribution is 0.0663. The first kappa shape index (κ1) is 10.1. The summed E-state index contributed by atoms with van der Waals surface area (Å²) in [4.78, 5) is 12.8. The van der Waals surface area contributed by atoms with E-state index in [-0.39, 0.29) is 5.76 Å². The Labute approximate surface area is 88.5 Å². The zero-order valence-corrected chi connectivity index (χ0v) is 8.93. The summed E-state index contributed by atoms with van der Waals surface area (Å²) in [6.45, 7) is 5.26. The van der Waals surface area contributed by atoms with Gasteiger partial charge in [0.15, 0.2) is 5.88 Å². The van der Waals surface area contributed by atoms with Crippen LogP contribution in [0.1, 0.15) is 30.8 Å². The van der Waals surface area contributed by atoms with Gasteiger partial charge in [0.1, 0.15) is 0 Å². The van der Waals surface area contributed by atoms with Gasteiger partial charge in [-0.05, 0) is 25.3 Å². The van der Waals surface area contributed by atoms with Gasteiger partial charge in [-0.3, -0.25) is 0 Å². The topological polar surface area (TPSA) is 53.7 Å². The molecule has 2 heterocycles. The normalized spacial score (nSPS) is 25.9. The molecule has 2 atom stereocenters. The van der Waals surface area contributed by atoms with E-state index in [1.165, 1.54) is 6.07 Å². The van der Waals surface area contributed by atoms with Crippen LogP contribution in [-0.4, -0.2) is 23.7 Å². The highest BCUT2D eigenvalue weighted by Crippen LogP contribution is 2.29. The maximum atomic E-state index is 10.7. The lowest BCUT2D eigenvalue weighted by Gasteiger charge is -2.20. The highest BCUT2D eigenvalue weighted by Gasteiger charge is 2.28. The van der Waals surface area contributed by atoms with Gasteiger partial charge in [0.05, 0.1) is 0 Å². The molecule has 1 aliphatic heterocycles. The number of carboxylic acid groups (broad SMARTS) is 1. The predicted molar refractivity (Wildman–Crippen MR) is 56.3 cm³/mol. The third-order valence-corrected chi connectivity index (χ3v) is 2.87. The van der Waals surface area contributed by atoms with Gasteiger partial charge in [0.2, 0.25) is 5.76 Å². The van der Waals surface area contributed by atoms with Gasteiger partial charge in [-0.15, -0.1) is 0 Å². The van der Waals surface area contributed by atoms with E-state index in [0.29, 0.717) is 17.8 Å². The Hall–Kier alpha value is -1.45. The van der Waals surface area contributed by atoms with Crippen LogP contribution in [0.4, 0.5) is 5.88 Å². The lowest BCUT2D eigenvalue weighted by Crippen LogP contribution is -2.26. The fourth-order valence-electron chi connectivity index (χ4n) is 2.20. The van der Waals surface area contributed by atoms with Crippen LogP contribution in [0.25, 0.3) is 0 Å². The van der Waals surface area contributed by atoms with E-state index < -0.39 is 5.97 Å². The average molecular weight is 209 g/mol. The van der Waals surface area contributed by atoms with E-state index in [1.807, 2.05) is 0 Å². The molecule has 0 spiro atoms. The molecule has 1 aromatic heterocycles. The smallest absolute Gasteiger partial charge is 0.371 e. The summed E-state index contributed by atoms with van der Waals surface area (Å²) in [6.07, 6.45) is 1.13. The van der Waals surface area contributed by atoms with Gasteiger partial charge >= 0.3 is 5.97 Å². The van der Waals surface area contributed by atoms with Crippen molar-refractivity contribution in [2.24, 2.45) is 5.92 Å². The maximum Gasteiger partial charge on any atom is 0.371 e. The summed E-state index contributed by atoms with van der Waals surface area (Å²) in [5.74, 6) is 0.306. The Bertz CT molecular complexity index is 372. The summed E-state index contributed by atoms with van der Waals surface area (Å²) in [5, 5.41) is 8.75. The molecule has 1 saturated heterocycles. The summed E-state index contributed by atoms with van der Waals surface area (Å²) in [6, 6.07) is 3.67. The zero-order valence-electron chi connectivity index (χ0n) is 8.93. The molecule has 1 fully saturated rings. The number of nitrogens with zero attached hydrogens (tertiary/aromatic N) is 1. The minimum Gasteiger partial charge on any atom is -0.475 e. The van der Waals surface area contributed by atoms with E-state index in [9.17, 15) is 4.79 Å². The molecule has 2 rings (SSSR count). The van der Waals surface area contributed by atoms with Crippen molar-refractivity contribution in [2.45, 2.75) is 26.3 Å². The molecule has 0 amide bonds. The molecule has 0 saturated carbocycles. The van der Waals surface area contributed by atoms with E-state index in [4.69, 9.17) is 9.52 Å². The zero-order chi connectivity index (χ0) is 11.0. The van der Waals surface area contributed by atoms with Crippen molar-refractivity contribution in [1.29, 1.82) is 0 Å². The second-order valence-electron chi connectivity index (χ2n) is 4.29. The minimum atomic E-state index is -1.01. The molecule has 2 unspecified atom stereocenters. The molecule has 0 aromatic carbocycles. The Kier molecular flexibility index (Phi) is 2.42. The third kappa shape index (κ3) is 1.84. The third-order valence-electron chi connectivity index (χ3n) is 2.87. The van der Waals surface area contributed by atoms with Gasteiger partial charge < -0.3 is 14.4 Å². The molecular weight excluding hydrogens is 194 g/mol. The molecule has 1 N–H and O–H groups in total. The molecule has 0 aliphatic carbocycles. The molecule has 1 aromatic rings. The van der Waals surface area contributed by atoms with Crippen LogP contribution in [0, 0.1) is 5.92 Å². The molecule has 15 heavy (non-hydrogen) atoms. The summed E-state index contributed by atoms with van der Waals surface area (Å²) < 4.78 is 5.27. The molecule has 0 bridgehead atoms. The molecular formula is C11H15NO3. The van der Waals surface area contributed by atoms with Gasteiger partial charge in [0.25, 0.3) is 0 Å². The van der Waals surface area contributed by atoms with Crippen molar-refractivity contribution in [3.63, 3.8) is 0 Å². The molecule has 82 valence electrons. The molecule has 4 heteroatoms. The van der Waals surface area contributed by atoms with E-state index >= 15 is 0 Å². The van der Waals surface area contributed by atoms with Crippen LogP contribution in [0.5, 0.6) is 0 Å². The number of rotatable bonds is 2. The van der Waals surface area contributed by atoms with E-state index in [1.54, 1.807) is 6.07 Å². The SMILES string of the molecule is CC1CC(C)N(c2ccc(C(=O)O)o2)C1. The summed E-state index contributed by atoms with van der Waals surface area (Å²) in [5.41, 5.74) is 0.